The van der Waals surface area contributed by atoms with Crippen molar-refractivity contribution in [1.82, 2.24) is 0 Å². The molecule has 0 saturated carbocycles. The molecule has 0 aromatic rings. The standard InChI is InChI=1S/C20H32O3/c1-4-5-6-12-15-18(2)16-13-10-8-7-9-11-14-17-19(23-3)20(21)22/h4,7-8,18-19H,1,5-6,10,12-17H2,2-3H3,(H,21,22)/b8-7+/t18?,19-/m0/s1. The Bertz CT molecular complexity index is 401. The lowest BCUT2D eigenvalue weighted by atomic mass is 9.97. The van der Waals surface area contributed by atoms with Crippen LogP contribution < -0.4 is 0 Å². The van der Waals surface area contributed by atoms with E-state index in [-0.39, 0.29) is 0 Å². The smallest absolute Gasteiger partial charge is 0.332 e. The fourth-order valence-electron chi connectivity index (χ4n) is 2.33. The molecule has 0 radical (unpaired) electrons. The number of ether oxygens (including phenoxy) is 1. The molecule has 0 amide bonds. The van der Waals surface area contributed by atoms with E-state index in [2.05, 4.69) is 31.4 Å². The Balaban J connectivity index is 3.62. The maximum atomic E-state index is 10.7. The fraction of sp³-hybridized carbons (Fsp3) is 0.650. The van der Waals surface area contributed by atoms with Crippen LogP contribution in [0.15, 0.2) is 24.8 Å². The molecule has 2 atom stereocenters. The molecular weight excluding hydrogens is 288 g/mol. The van der Waals surface area contributed by atoms with Crippen molar-refractivity contribution in [3.63, 3.8) is 0 Å². The number of carboxylic acids is 1. The summed E-state index contributed by atoms with van der Waals surface area (Å²) in [5.74, 6) is 5.77. The summed E-state index contributed by atoms with van der Waals surface area (Å²) in [7, 11) is 1.41. The molecule has 0 aromatic carbocycles. The minimum absolute atomic E-state index is 0.427. The highest BCUT2D eigenvalue weighted by atomic mass is 16.5. The predicted octanol–water partition coefficient (Wildman–Crippen LogP) is 4.98. The Labute approximate surface area is 141 Å². The highest BCUT2D eigenvalue weighted by Crippen LogP contribution is 2.16. The Kier molecular flexibility index (Phi) is 14.3. The molecule has 3 heteroatoms. The van der Waals surface area contributed by atoms with Crippen LogP contribution in [-0.4, -0.2) is 24.3 Å². The van der Waals surface area contributed by atoms with Crippen molar-refractivity contribution in [2.24, 2.45) is 5.92 Å². The van der Waals surface area contributed by atoms with Gasteiger partial charge in [0, 0.05) is 13.5 Å². The van der Waals surface area contributed by atoms with E-state index in [1.165, 1.54) is 39.2 Å². The van der Waals surface area contributed by atoms with Crippen LogP contribution in [0, 0.1) is 17.8 Å². The van der Waals surface area contributed by atoms with Crippen LogP contribution in [0.25, 0.3) is 0 Å². The Hall–Kier alpha value is -1.53. The van der Waals surface area contributed by atoms with Crippen molar-refractivity contribution >= 4 is 5.97 Å². The largest absolute Gasteiger partial charge is 0.479 e. The second kappa shape index (κ2) is 15.4. The van der Waals surface area contributed by atoms with E-state index in [0.29, 0.717) is 12.8 Å². The van der Waals surface area contributed by atoms with E-state index in [0.717, 1.165) is 18.8 Å². The number of allylic oxidation sites excluding steroid dienone is 3. The monoisotopic (exact) mass is 320 g/mol. The van der Waals surface area contributed by atoms with Gasteiger partial charge in [-0.1, -0.05) is 50.2 Å². The van der Waals surface area contributed by atoms with Crippen molar-refractivity contribution in [1.29, 1.82) is 0 Å². The topological polar surface area (TPSA) is 46.5 Å². The minimum atomic E-state index is -0.927. The maximum absolute atomic E-state index is 10.7. The average molecular weight is 320 g/mol. The van der Waals surface area contributed by atoms with Crippen LogP contribution in [0.2, 0.25) is 0 Å². The summed E-state index contributed by atoms with van der Waals surface area (Å²) in [6.45, 7) is 6.07. The molecule has 0 bridgehead atoms. The first kappa shape index (κ1) is 21.5. The van der Waals surface area contributed by atoms with Crippen LogP contribution >= 0.6 is 0 Å². The van der Waals surface area contributed by atoms with E-state index < -0.39 is 12.1 Å². The number of carbonyl (C=O) groups is 1. The zero-order chi connectivity index (χ0) is 17.3. The van der Waals surface area contributed by atoms with Crippen LogP contribution in [0.5, 0.6) is 0 Å². The van der Waals surface area contributed by atoms with Gasteiger partial charge in [0.15, 0.2) is 6.10 Å². The third-order valence-electron chi connectivity index (χ3n) is 3.82. The maximum Gasteiger partial charge on any atom is 0.332 e. The van der Waals surface area contributed by atoms with Gasteiger partial charge in [0.1, 0.15) is 0 Å². The summed E-state index contributed by atoms with van der Waals surface area (Å²) in [4.78, 5) is 10.7. The molecule has 0 spiro atoms. The first-order chi connectivity index (χ1) is 11.1. The van der Waals surface area contributed by atoms with Crippen molar-refractivity contribution < 1.29 is 14.6 Å². The molecule has 0 heterocycles. The molecule has 23 heavy (non-hydrogen) atoms. The van der Waals surface area contributed by atoms with E-state index >= 15 is 0 Å². The third kappa shape index (κ3) is 13.8. The highest BCUT2D eigenvalue weighted by Gasteiger charge is 2.14. The van der Waals surface area contributed by atoms with Crippen LogP contribution in [0.1, 0.15) is 64.7 Å². The van der Waals surface area contributed by atoms with Crippen molar-refractivity contribution in [3.8, 4) is 11.8 Å². The van der Waals surface area contributed by atoms with Gasteiger partial charge >= 0.3 is 5.97 Å². The first-order valence-corrected chi connectivity index (χ1v) is 8.61. The number of hydrogen-bond donors (Lipinski definition) is 1. The summed E-state index contributed by atoms with van der Waals surface area (Å²) >= 11 is 0. The molecule has 3 nitrogen and oxygen atoms in total. The predicted molar refractivity (Wildman–Crippen MR) is 96.3 cm³/mol. The van der Waals surface area contributed by atoms with Gasteiger partial charge in [0.2, 0.25) is 0 Å². The number of carboxylic acid groups (broad SMARTS) is 1. The van der Waals surface area contributed by atoms with Crippen LogP contribution in [-0.2, 0) is 9.53 Å². The average Bonchev–Trinajstić information content (AvgIpc) is 2.53. The van der Waals surface area contributed by atoms with Gasteiger partial charge in [0.25, 0.3) is 0 Å². The molecule has 1 unspecified atom stereocenters. The molecule has 0 fully saturated rings. The molecule has 1 N–H and O–H groups in total. The van der Waals surface area contributed by atoms with Gasteiger partial charge in [-0.25, -0.2) is 4.79 Å². The van der Waals surface area contributed by atoms with Gasteiger partial charge < -0.3 is 9.84 Å². The van der Waals surface area contributed by atoms with Crippen LogP contribution in [0.4, 0.5) is 0 Å². The van der Waals surface area contributed by atoms with E-state index in [9.17, 15) is 4.79 Å². The SMILES string of the molecule is C=CCCCCC(C)CCC/C=C/C#CCC[C@H](OC)C(=O)O. The summed E-state index contributed by atoms with van der Waals surface area (Å²) in [5, 5.41) is 8.81. The molecule has 0 saturated heterocycles. The van der Waals surface area contributed by atoms with E-state index in [1.807, 2.05) is 12.2 Å². The number of aliphatic carboxylic acids is 1. The molecule has 0 aliphatic rings. The van der Waals surface area contributed by atoms with Crippen molar-refractivity contribution in [2.75, 3.05) is 7.11 Å². The van der Waals surface area contributed by atoms with Gasteiger partial charge in [-0.3, -0.25) is 0 Å². The first-order valence-electron chi connectivity index (χ1n) is 8.61. The Morgan fingerprint density at radius 3 is 2.61 bits per heavy atom. The van der Waals surface area contributed by atoms with Gasteiger partial charge in [-0.2, -0.15) is 0 Å². The Morgan fingerprint density at radius 1 is 1.22 bits per heavy atom. The lowest BCUT2D eigenvalue weighted by Gasteiger charge is -2.09. The zero-order valence-electron chi connectivity index (χ0n) is 14.7. The highest BCUT2D eigenvalue weighted by molar-refractivity contribution is 5.72. The summed E-state index contributed by atoms with van der Waals surface area (Å²) in [6, 6.07) is 0. The molecule has 0 aliphatic carbocycles. The van der Waals surface area contributed by atoms with Gasteiger partial charge in [-0.15, -0.1) is 6.58 Å². The summed E-state index contributed by atoms with van der Waals surface area (Å²) in [6.07, 6.45) is 14.7. The molecule has 130 valence electrons. The van der Waals surface area contributed by atoms with Gasteiger partial charge in [0.05, 0.1) is 0 Å². The fourth-order valence-corrected chi connectivity index (χ4v) is 2.33. The molecule has 0 aromatic heterocycles. The minimum Gasteiger partial charge on any atom is -0.479 e. The van der Waals surface area contributed by atoms with Crippen molar-refractivity contribution in [3.05, 3.63) is 24.8 Å². The zero-order valence-corrected chi connectivity index (χ0v) is 14.7. The van der Waals surface area contributed by atoms with E-state index in [4.69, 9.17) is 9.84 Å². The van der Waals surface area contributed by atoms with Gasteiger partial charge in [-0.05, 0) is 44.1 Å². The number of rotatable bonds is 13. The second-order valence-corrected chi connectivity index (χ2v) is 5.93. The number of unbranched alkanes of at least 4 members (excludes halogenated alkanes) is 3. The molecule has 0 rings (SSSR count). The molecule has 0 aliphatic heterocycles. The van der Waals surface area contributed by atoms with E-state index in [1.54, 1.807) is 0 Å². The normalized spacial score (nSPS) is 13.3. The second-order valence-electron chi connectivity index (χ2n) is 5.93. The number of methoxy groups -OCH3 is 1. The lowest BCUT2D eigenvalue weighted by molar-refractivity contribution is -0.148. The van der Waals surface area contributed by atoms with Crippen LogP contribution in [0.3, 0.4) is 0 Å². The number of hydrogen-bond acceptors (Lipinski definition) is 2. The third-order valence-corrected chi connectivity index (χ3v) is 3.82. The quantitative estimate of drug-likeness (QED) is 0.296. The lowest BCUT2D eigenvalue weighted by Crippen LogP contribution is -2.21. The molecular formula is C20H32O3. The summed E-state index contributed by atoms with van der Waals surface area (Å²) < 4.78 is 4.85. The van der Waals surface area contributed by atoms with Crippen molar-refractivity contribution in [2.45, 2.75) is 70.8 Å². The summed E-state index contributed by atoms with van der Waals surface area (Å²) in [5.41, 5.74) is 0. The Morgan fingerprint density at radius 2 is 1.96 bits per heavy atom.